The van der Waals surface area contributed by atoms with Crippen LogP contribution in [0, 0.1) is 25.7 Å². The van der Waals surface area contributed by atoms with E-state index in [0.29, 0.717) is 24.5 Å². The van der Waals surface area contributed by atoms with Crippen molar-refractivity contribution in [1.29, 1.82) is 0 Å². The molecule has 3 unspecified atom stereocenters. The van der Waals surface area contributed by atoms with Gasteiger partial charge in [0.1, 0.15) is 10.6 Å². The molecule has 1 aromatic rings. The van der Waals surface area contributed by atoms with Gasteiger partial charge in [0.15, 0.2) is 11.9 Å². The number of aryl methyl sites for hydroxylation is 2. The molecule has 1 saturated carbocycles. The number of nitrogens with one attached hydrogen (secondary N) is 1. The fourth-order valence-electron chi connectivity index (χ4n) is 4.46. The molecule has 174 valence electrons. The Morgan fingerprint density at radius 1 is 1.16 bits per heavy atom. The van der Waals surface area contributed by atoms with Crippen molar-refractivity contribution in [1.82, 2.24) is 14.8 Å². The van der Waals surface area contributed by atoms with Gasteiger partial charge in [-0.2, -0.15) is 4.31 Å². The molecule has 0 radical (unpaired) electrons. The standard InChI is InChI=1S/C21H33N3O6S/c1-13-7-5-6-8-18(13)22-20(25)16(4)29-21(26)17-9-11-24(12-10-17)31(27,28)19-14(2)23-30-15(19)3/h13,16-18H,5-12H2,1-4H3,(H,22,25). The second-order valence-electron chi connectivity index (χ2n) is 8.79. The van der Waals surface area contributed by atoms with Gasteiger partial charge in [-0.1, -0.05) is 24.9 Å². The Hall–Kier alpha value is -1.94. The highest BCUT2D eigenvalue weighted by Gasteiger charge is 2.36. The van der Waals surface area contributed by atoms with Crippen molar-refractivity contribution < 1.29 is 27.3 Å². The summed E-state index contributed by atoms with van der Waals surface area (Å²) in [4.78, 5) is 25.1. The third-order valence-corrected chi connectivity index (χ3v) is 8.60. The SMILES string of the molecule is Cc1noc(C)c1S(=O)(=O)N1CCC(C(=O)OC(C)C(=O)NC2CCCCC2C)CC1. The minimum Gasteiger partial charge on any atom is -0.452 e. The van der Waals surface area contributed by atoms with Gasteiger partial charge in [-0.15, -0.1) is 0 Å². The van der Waals surface area contributed by atoms with Crippen LogP contribution < -0.4 is 5.32 Å². The maximum atomic E-state index is 12.9. The molecule has 0 spiro atoms. The van der Waals surface area contributed by atoms with Gasteiger partial charge in [0.2, 0.25) is 10.0 Å². The molecule has 2 fully saturated rings. The van der Waals surface area contributed by atoms with E-state index in [0.717, 1.165) is 19.3 Å². The van der Waals surface area contributed by atoms with Crippen LogP contribution in [-0.4, -0.2) is 55.0 Å². The Kier molecular flexibility index (Phi) is 7.41. The largest absolute Gasteiger partial charge is 0.452 e. The zero-order valence-electron chi connectivity index (χ0n) is 18.7. The normalized spacial score (nSPS) is 24.5. The van der Waals surface area contributed by atoms with Crippen LogP contribution in [0.2, 0.25) is 0 Å². The summed E-state index contributed by atoms with van der Waals surface area (Å²) in [6.07, 6.45) is 4.14. The first-order valence-corrected chi connectivity index (χ1v) is 12.5. The van der Waals surface area contributed by atoms with Crippen LogP contribution in [0.15, 0.2) is 9.42 Å². The average Bonchev–Trinajstić information content (AvgIpc) is 3.08. The number of nitrogens with zero attached hydrogens (tertiary/aromatic N) is 2. The number of carbonyl (C=O) groups excluding carboxylic acids is 2. The highest BCUT2D eigenvalue weighted by Crippen LogP contribution is 2.28. The number of aromatic nitrogens is 1. The summed E-state index contributed by atoms with van der Waals surface area (Å²) in [5.41, 5.74) is 0.325. The molecule has 3 atom stereocenters. The molecule has 1 aromatic heterocycles. The quantitative estimate of drug-likeness (QED) is 0.654. The van der Waals surface area contributed by atoms with Crippen molar-refractivity contribution in [2.45, 2.75) is 83.3 Å². The molecule has 3 rings (SSSR count). The highest BCUT2D eigenvalue weighted by atomic mass is 32.2. The van der Waals surface area contributed by atoms with E-state index in [-0.39, 0.29) is 35.7 Å². The van der Waals surface area contributed by atoms with E-state index in [2.05, 4.69) is 17.4 Å². The Balaban J connectivity index is 1.51. The Morgan fingerprint density at radius 2 is 1.81 bits per heavy atom. The molecule has 1 aliphatic heterocycles. The lowest BCUT2D eigenvalue weighted by Crippen LogP contribution is -2.47. The Morgan fingerprint density at radius 3 is 2.39 bits per heavy atom. The van der Waals surface area contributed by atoms with Crippen LogP contribution in [0.25, 0.3) is 0 Å². The maximum Gasteiger partial charge on any atom is 0.309 e. The van der Waals surface area contributed by atoms with E-state index in [1.165, 1.54) is 10.7 Å². The summed E-state index contributed by atoms with van der Waals surface area (Å²) in [7, 11) is -3.73. The van der Waals surface area contributed by atoms with Crippen LogP contribution >= 0.6 is 0 Å². The van der Waals surface area contributed by atoms with Crippen molar-refractivity contribution in [3.63, 3.8) is 0 Å². The van der Waals surface area contributed by atoms with Crippen molar-refractivity contribution in [2.24, 2.45) is 11.8 Å². The van der Waals surface area contributed by atoms with E-state index in [1.807, 2.05) is 0 Å². The molecule has 1 saturated heterocycles. The monoisotopic (exact) mass is 455 g/mol. The Bertz CT molecular complexity index is 885. The summed E-state index contributed by atoms with van der Waals surface area (Å²) in [6, 6.07) is 0.125. The minimum atomic E-state index is -3.73. The lowest BCUT2D eigenvalue weighted by atomic mass is 9.86. The first kappa shape index (κ1) is 23.7. The van der Waals surface area contributed by atoms with Gasteiger partial charge in [0.25, 0.3) is 5.91 Å². The first-order valence-electron chi connectivity index (χ1n) is 11.0. The van der Waals surface area contributed by atoms with Crippen molar-refractivity contribution >= 4 is 21.9 Å². The van der Waals surface area contributed by atoms with E-state index in [9.17, 15) is 18.0 Å². The lowest BCUT2D eigenvalue weighted by Gasteiger charge is -2.31. The third-order valence-electron chi connectivity index (χ3n) is 6.45. The first-order chi connectivity index (χ1) is 14.6. The third kappa shape index (κ3) is 5.28. The average molecular weight is 456 g/mol. The molecule has 0 bridgehead atoms. The fourth-order valence-corrected chi connectivity index (χ4v) is 6.22. The molecule has 2 aliphatic rings. The van der Waals surface area contributed by atoms with E-state index in [1.54, 1.807) is 20.8 Å². The summed E-state index contributed by atoms with van der Waals surface area (Å²) < 4.78 is 37.6. The smallest absolute Gasteiger partial charge is 0.309 e. The molecule has 9 nitrogen and oxygen atoms in total. The van der Waals surface area contributed by atoms with Crippen LogP contribution in [0.5, 0.6) is 0 Å². The van der Waals surface area contributed by atoms with E-state index >= 15 is 0 Å². The van der Waals surface area contributed by atoms with E-state index < -0.39 is 28.0 Å². The number of amides is 1. The van der Waals surface area contributed by atoms with Gasteiger partial charge >= 0.3 is 5.97 Å². The molecule has 1 N–H and O–H groups in total. The second kappa shape index (κ2) is 9.68. The van der Waals surface area contributed by atoms with Crippen LogP contribution in [0.1, 0.15) is 63.8 Å². The van der Waals surface area contributed by atoms with Gasteiger partial charge in [-0.25, -0.2) is 8.42 Å². The molecule has 31 heavy (non-hydrogen) atoms. The number of piperidine rings is 1. The highest BCUT2D eigenvalue weighted by molar-refractivity contribution is 7.89. The van der Waals surface area contributed by atoms with E-state index in [4.69, 9.17) is 9.26 Å². The number of sulfonamides is 1. The maximum absolute atomic E-state index is 12.9. The van der Waals surface area contributed by atoms with Gasteiger partial charge in [-0.05, 0) is 52.4 Å². The predicted octanol–water partition coefficient (Wildman–Crippen LogP) is 2.32. The molecule has 0 aromatic carbocycles. The molecular weight excluding hydrogens is 422 g/mol. The minimum absolute atomic E-state index is 0.0933. The van der Waals surface area contributed by atoms with Crippen LogP contribution in [0.4, 0.5) is 0 Å². The number of carbonyl (C=O) groups is 2. The second-order valence-corrected chi connectivity index (χ2v) is 10.7. The fraction of sp³-hybridized carbons (Fsp3) is 0.762. The zero-order valence-corrected chi connectivity index (χ0v) is 19.5. The molecule has 1 aliphatic carbocycles. The van der Waals surface area contributed by atoms with Gasteiger partial charge in [-0.3, -0.25) is 9.59 Å². The van der Waals surface area contributed by atoms with Crippen LogP contribution in [0.3, 0.4) is 0 Å². The number of hydrogen-bond acceptors (Lipinski definition) is 7. The topological polar surface area (TPSA) is 119 Å². The predicted molar refractivity (Wildman–Crippen MR) is 113 cm³/mol. The molecule has 1 amide bonds. The van der Waals surface area contributed by atoms with Gasteiger partial charge in [0.05, 0.1) is 5.92 Å². The lowest BCUT2D eigenvalue weighted by molar-refractivity contribution is -0.160. The number of rotatable bonds is 6. The van der Waals surface area contributed by atoms with Gasteiger partial charge in [0, 0.05) is 19.1 Å². The van der Waals surface area contributed by atoms with Crippen molar-refractivity contribution in [3.05, 3.63) is 11.5 Å². The Labute approximate surface area is 183 Å². The summed E-state index contributed by atoms with van der Waals surface area (Å²) in [5.74, 6) is -0.477. The van der Waals surface area contributed by atoms with Gasteiger partial charge < -0.3 is 14.6 Å². The van der Waals surface area contributed by atoms with Crippen LogP contribution in [-0.2, 0) is 24.3 Å². The molecule has 10 heteroatoms. The zero-order chi connectivity index (χ0) is 22.8. The van der Waals surface area contributed by atoms with Crippen molar-refractivity contribution in [2.75, 3.05) is 13.1 Å². The molecule has 2 heterocycles. The number of esters is 1. The number of ether oxygens (including phenoxy) is 1. The summed E-state index contributed by atoms with van der Waals surface area (Å²) in [6.45, 7) is 7.27. The number of hydrogen-bond donors (Lipinski definition) is 1. The van der Waals surface area contributed by atoms with Crippen molar-refractivity contribution in [3.8, 4) is 0 Å². The summed E-state index contributed by atoms with van der Waals surface area (Å²) in [5, 5.41) is 6.73. The molecular formula is C21H33N3O6S. The summed E-state index contributed by atoms with van der Waals surface area (Å²) >= 11 is 0.